The van der Waals surface area contributed by atoms with E-state index < -0.39 is 7.12 Å². The second-order valence-corrected chi connectivity index (χ2v) is 6.02. The van der Waals surface area contributed by atoms with Gasteiger partial charge in [0.25, 0.3) is 0 Å². The van der Waals surface area contributed by atoms with Crippen LogP contribution >= 0.6 is 0 Å². The van der Waals surface area contributed by atoms with Crippen LogP contribution in [-0.4, -0.2) is 42.9 Å². The highest BCUT2D eigenvalue weighted by Crippen LogP contribution is 2.37. The maximum absolute atomic E-state index is 9.78. The van der Waals surface area contributed by atoms with Crippen LogP contribution in [0.15, 0.2) is 42.4 Å². The third-order valence-corrected chi connectivity index (χ3v) is 4.58. The fourth-order valence-corrected chi connectivity index (χ4v) is 3.24. The highest BCUT2D eigenvalue weighted by atomic mass is 16.5. The third kappa shape index (κ3) is 2.83. The Labute approximate surface area is 145 Å². The van der Waals surface area contributed by atoms with Gasteiger partial charge in [0.1, 0.15) is 12.1 Å². The lowest BCUT2D eigenvalue weighted by Gasteiger charge is -2.19. The molecular weight excluding hydrogens is 321 g/mol. The highest BCUT2D eigenvalue weighted by Gasteiger charge is 2.39. The summed E-state index contributed by atoms with van der Waals surface area (Å²) in [5.74, 6) is 2.09. The Morgan fingerprint density at radius 1 is 1.24 bits per heavy atom. The number of benzene rings is 1. The molecule has 4 rings (SSSR count). The van der Waals surface area contributed by atoms with Gasteiger partial charge in [-0.3, -0.25) is 0 Å². The first-order chi connectivity index (χ1) is 12.2. The standard InChI is InChI=1S/C17H18BN3O4/c1-23-15-6-12-14(7-16(15)24-2)19-9-20-17(12)21-11-3-4-13-10(5-11)8-25-18(13)22/h3-7,9-10,13,22H,8H2,1-2H3,(H,19,20,21). The van der Waals surface area contributed by atoms with Gasteiger partial charge in [-0.15, -0.1) is 0 Å². The molecule has 2 unspecified atom stereocenters. The number of hydrogen-bond donors (Lipinski definition) is 2. The highest BCUT2D eigenvalue weighted by molar-refractivity contribution is 6.46. The van der Waals surface area contributed by atoms with Crippen LogP contribution in [-0.2, 0) is 4.65 Å². The van der Waals surface area contributed by atoms with Gasteiger partial charge < -0.3 is 24.5 Å². The number of methoxy groups -OCH3 is 2. The monoisotopic (exact) mass is 339 g/mol. The Balaban J connectivity index is 1.68. The van der Waals surface area contributed by atoms with Crippen LogP contribution in [0.25, 0.3) is 10.9 Å². The van der Waals surface area contributed by atoms with Crippen molar-refractivity contribution in [3.63, 3.8) is 0 Å². The normalized spacial score (nSPS) is 21.9. The molecule has 1 aliphatic carbocycles. The minimum absolute atomic E-state index is 0.0112. The molecule has 2 heterocycles. The molecular formula is C17H18BN3O4. The van der Waals surface area contributed by atoms with E-state index in [0.29, 0.717) is 23.9 Å². The van der Waals surface area contributed by atoms with Crippen molar-refractivity contribution in [1.82, 2.24) is 9.97 Å². The molecule has 0 amide bonds. The van der Waals surface area contributed by atoms with E-state index in [1.54, 1.807) is 14.2 Å². The summed E-state index contributed by atoms with van der Waals surface area (Å²) in [5, 5.41) is 13.9. The quantitative estimate of drug-likeness (QED) is 0.824. The number of nitrogens with one attached hydrogen (secondary N) is 1. The number of rotatable bonds is 4. The molecule has 25 heavy (non-hydrogen) atoms. The molecule has 1 aromatic heterocycles. The zero-order valence-electron chi connectivity index (χ0n) is 14.0. The van der Waals surface area contributed by atoms with Crippen molar-refractivity contribution in [1.29, 1.82) is 0 Å². The lowest BCUT2D eigenvalue weighted by Crippen LogP contribution is -2.19. The summed E-state index contributed by atoms with van der Waals surface area (Å²) in [4.78, 5) is 8.66. The van der Waals surface area contributed by atoms with Crippen molar-refractivity contribution < 1.29 is 19.2 Å². The van der Waals surface area contributed by atoms with Crippen LogP contribution in [0.3, 0.4) is 0 Å². The molecule has 1 aromatic carbocycles. The lowest BCUT2D eigenvalue weighted by atomic mass is 9.67. The Morgan fingerprint density at radius 2 is 2.04 bits per heavy atom. The van der Waals surface area contributed by atoms with Crippen molar-refractivity contribution in [2.75, 3.05) is 26.1 Å². The fraction of sp³-hybridized carbons (Fsp3) is 0.294. The van der Waals surface area contributed by atoms with Crippen molar-refractivity contribution >= 4 is 23.8 Å². The summed E-state index contributed by atoms with van der Waals surface area (Å²) in [6, 6.07) is 3.68. The maximum atomic E-state index is 9.78. The predicted octanol–water partition coefficient (Wildman–Crippen LogP) is 2.01. The SMILES string of the molecule is COc1cc2ncnc(NC3=CC4COB(O)C4C=C3)c2cc1OC. The molecule has 0 spiro atoms. The lowest BCUT2D eigenvalue weighted by molar-refractivity contribution is 0.287. The van der Waals surface area contributed by atoms with Crippen molar-refractivity contribution in [3.05, 3.63) is 42.4 Å². The van der Waals surface area contributed by atoms with Gasteiger partial charge in [-0.25, -0.2) is 9.97 Å². The van der Waals surface area contributed by atoms with Crippen LogP contribution in [0.4, 0.5) is 5.82 Å². The average molecular weight is 339 g/mol. The van der Waals surface area contributed by atoms with Gasteiger partial charge in [-0.1, -0.05) is 12.2 Å². The van der Waals surface area contributed by atoms with Gasteiger partial charge in [0.2, 0.25) is 0 Å². The zero-order chi connectivity index (χ0) is 17.4. The van der Waals surface area contributed by atoms with Gasteiger partial charge in [-0.05, 0) is 12.1 Å². The van der Waals surface area contributed by atoms with Gasteiger partial charge in [0.05, 0.1) is 19.7 Å². The molecule has 2 aliphatic rings. The summed E-state index contributed by atoms with van der Waals surface area (Å²) in [5.41, 5.74) is 1.67. The van der Waals surface area contributed by atoms with E-state index in [1.165, 1.54) is 6.33 Å². The molecule has 128 valence electrons. The zero-order valence-corrected chi connectivity index (χ0v) is 14.0. The number of hydrogen-bond acceptors (Lipinski definition) is 7. The number of anilines is 1. The largest absolute Gasteiger partial charge is 0.493 e. The second kappa shape index (κ2) is 6.38. The number of fused-ring (bicyclic) bond motifs is 2. The van der Waals surface area contributed by atoms with Crippen LogP contribution < -0.4 is 14.8 Å². The van der Waals surface area contributed by atoms with E-state index in [4.69, 9.17) is 14.1 Å². The minimum Gasteiger partial charge on any atom is -0.493 e. The van der Waals surface area contributed by atoms with E-state index in [9.17, 15) is 5.02 Å². The molecule has 0 saturated carbocycles. The number of allylic oxidation sites excluding steroid dienone is 2. The first kappa shape index (κ1) is 15.9. The molecule has 2 atom stereocenters. The van der Waals surface area contributed by atoms with E-state index >= 15 is 0 Å². The molecule has 0 bridgehead atoms. The number of nitrogens with zero attached hydrogens (tertiary/aromatic N) is 2. The molecule has 1 fully saturated rings. The predicted molar refractivity (Wildman–Crippen MR) is 94.7 cm³/mol. The molecule has 7 nitrogen and oxygen atoms in total. The van der Waals surface area contributed by atoms with Gasteiger partial charge >= 0.3 is 7.12 Å². The van der Waals surface area contributed by atoms with Gasteiger partial charge in [0, 0.05) is 35.5 Å². The fourth-order valence-electron chi connectivity index (χ4n) is 3.24. The van der Waals surface area contributed by atoms with Crippen LogP contribution in [0.1, 0.15) is 0 Å². The van der Waals surface area contributed by atoms with Crippen molar-refractivity contribution in [2.24, 2.45) is 5.92 Å². The van der Waals surface area contributed by atoms with Gasteiger partial charge in [-0.2, -0.15) is 0 Å². The minimum atomic E-state index is -0.726. The van der Waals surface area contributed by atoms with Crippen LogP contribution in [0, 0.1) is 5.92 Å². The van der Waals surface area contributed by atoms with Crippen molar-refractivity contribution in [2.45, 2.75) is 5.82 Å². The average Bonchev–Trinajstić information content (AvgIpc) is 3.01. The number of ether oxygens (including phenoxy) is 2. The Bertz CT molecular complexity index is 870. The molecule has 1 saturated heterocycles. The van der Waals surface area contributed by atoms with E-state index in [1.807, 2.05) is 24.3 Å². The molecule has 0 radical (unpaired) electrons. The van der Waals surface area contributed by atoms with Crippen LogP contribution in [0.2, 0.25) is 5.82 Å². The molecule has 1 aliphatic heterocycles. The molecule has 2 aromatic rings. The Morgan fingerprint density at radius 3 is 2.84 bits per heavy atom. The molecule has 2 N–H and O–H groups in total. The van der Waals surface area contributed by atoms with Gasteiger partial charge in [0.15, 0.2) is 11.5 Å². The smallest absolute Gasteiger partial charge is 0.462 e. The number of aromatic nitrogens is 2. The van der Waals surface area contributed by atoms with Crippen molar-refractivity contribution in [3.8, 4) is 11.5 Å². The topological polar surface area (TPSA) is 85.7 Å². The van der Waals surface area contributed by atoms with E-state index in [-0.39, 0.29) is 11.7 Å². The Kier molecular flexibility index (Phi) is 4.06. The summed E-state index contributed by atoms with van der Waals surface area (Å²) >= 11 is 0. The summed E-state index contributed by atoms with van der Waals surface area (Å²) < 4.78 is 16.0. The third-order valence-electron chi connectivity index (χ3n) is 4.58. The first-order valence-electron chi connectivity index (χ1n) is 8.03. The summed E-state index contributed by atoms with van der Waals surface area (Å²) in [6.45, 7) is 0.511. The van der Waals surface area contributed by atoms with E-state index in [0.717, 1.165) is 16.6 Å². The second-order valence-electron chi connectivity index (χ2n) is 6.02. The van der Waals surface area contributed by atoms with E-state index in [2.05, 4.69) is 21.4 Å². The maximum Gasteiger partial charge on any atom is 0.462 e. The van der Waals surface area contributed by atoms with Crippen LogP contribution in [0.5, 0.6) is 11.5 Å². The Hall–Kier alpha value is -2.58. The summed E-state index contributed by atoms with van der Waals surface area (Å²) in [7, 11) is 2.46. The first-order valence-corrected chi connectivity index (χ1v) is 8.03. The molecule has 8 heteroatoms. The summed E-state index contributed by atoms with van der Waals surface area (Å²) in [6.07, 6.45) is 7.48.